The van der Waals surface area contributed by atoms with Crippen molar-refractivity contribution in [3.05, 3.63) is 77.4 Å². The van der Waals surface area contributed by atoms with E-state index in [1.54, 1.807) is 12.1 Å². The second-order valence-electron chi connectivity index (χ2n) is 7.79. The summed E-state index contributed by atoms with van der Waals surface area (Å²) in [6.07, 6.45) is 5.40. The monoisotopic (exact) mass is 389 g/mol. The highest BCUT2D eigenvalue weighted by Crippen LogP contribution is 2.29. The summed E-state index contributed by atoms with van der Waals surface area (Å²) < 4.78 is 0. The van der Waals surface area contributed by atoms with Crippen molar-refractivity contribution in [2.45, 2.75) is 51.9 Å². The van der Waals surface area contributed by atoms with Gasteiger partial charge in [-0.1, -0.05) is 63.1 Å². The standard InChI is InChI=1S/C26H31NO2/c1-3-5-6-22(20-9-11-21(12-10-20)26(29)27-15-4-2)16-19-7-8-24-18-25(28)14-13-23(24)17-19/h7-14,17-18,22,28H,3-6,15-16H2,1-2H3,(H,27,29). The number of nitrogens with one attached hydrogen (secondary N) is 1. The van der Waals surface area contributed by atoms with E-state index in [1.807, 2.05) is 18.2 Å². The molecule has 1 unspecified atom stereocenters. The lowest BCUT2D eigenvalue weighted by molar-refractivity contribution is 0.0953. The van der Waals surface area contributed by atoms with Crippen LogP contribution in [0, 0.1) is 0 Å². The van der Waals surface area contributed by atoms with Crippen molar-refractivity contribution < 1.29 is 9.90 Å². The maximum atomic E-state index is 12.2. The molecule has 0 spiro atoms. The third-order valence-electron chi connectivity index (χ3n) is 5.46. The minimum atomic E-state index is 0.00119. The molecule has 3 nitrogen and oxygen atoms in total. The van der Waals surface area contributed by atoms with E-state index in [-0.39, 0.29) is 5.91 Å². The minimum Gasteiger partial charge on any atom is -0.508 e. The number of rotatable bonds is 9. The molecular formula is C26H31NO2. The summed E-state index contributed by atoms with van der Waals surface area (Å²) in [5.74, 6) is 0.729. The van der Waals surface area contributed by atoms with Crippen molar-refractivity contribution >= 4 is 16.7 Å². The molecule has 0 radical (unpaired) electrons. The van der Waals surface area contributed by atoms with Crippen LogP contribution in [0.1, 0.15) is 66.9 Å². The van der Waals surface area contributed by atoms with Gasteiger partial charge in [0.05, 0.1) is 0 Å². The SMILES string of the molecule is CCCCC(Cc1ccc2cc(O)ccc2c1)c1ccc(C(=O)NCCC)cc1. The van der Waals surface area contributed by atoms with Gasteiger partial charge >= 0.3 is 0 Å². The molecular weight excluding hydrogens is 358 g/mol. The van der Waals surface area contributed by atoms with E-state index in [0.717, 1.165) is 35.6 Å². The normalized spacial score (nSPS) is 12.1. The first-order chi connectivity index (χ1) is 14.1. The van der Waals surface area contributed by atoms with E-state index in [0.29, 0.717) is 18.2 Å². The molecule has 2 N–H and O–H groups in total. The van der Waals surface area contributed by atoms with Crippen LogP contribution in [0.2, 0.25) is 0 Å². The number of hydrogen-bond acceptors (Lipinski definition) is 2. The number of phenols is 1. The molecule has 3 rings (SSSR count). The molecule has 0 bridgehead atoms. The first-order valence-corrected chi connectivity index (χ1v) is 10.7. The van der Waals surface area contributed by atoms with Gasteiger partial charge in [0.25, 0.3) is 5.91 Å². The predicted octanol–water partition coefficient (Wildman–Crippen LogP) is 6.20. The van der Waals surface area contributed by atoms with Crippen molar-refractivity contribution in [2.24, 2.45) is 0 Å². The van der Waals surface area contributed by atoms with Crippen LogP contribution in [0.3, 0.4) is 0 Å². The Morgan fingerprint density at radius 3 is 2.38 bits per heavy atom. The molecule has 0 aliphatic carbocycles. The van der Waals surface area contributed by atoms with Gasteiger partial charge < -0.3 is 10.4 Å². The minimum absolute atomic E-state index is 0.00119. The molecule has 0 fully saturated rings. The number of hydrogen-bond donors (Lipinski definition) is 2. The average molecular weight is 390 g/mol. The first kappa shape index (κ1) is 20.9. The summed E-state index contributed by atoms with van der Waals surface area (Å²) >= 11 is 0. The van der Waals surface area contributed by atoms with Gasteiger partial charge in [-0.25, -0.2) is 0 Å². The van der Waals surface area contributed by atoms with Crippen LogP contribution in [0.25, 0.3) is 10.8 Å². The van der Waals surface area contributed by atoms with Crippen molar-refractivity contribution in [2.75, 3.05) is 6.54 Å². The highest BCUT2D eigenvalue weighted by atomic mass is 16.3. The number of unbranched alkanes of at least 4 members (excludes halogenated alkanes) is 1. The van der Waals surface area contributed by atoms with E-state index in [4.69, 9.17) is 0 Å². The lowest BCUT2D eigenvalue weighted by Crippen LogP contribution is -2.23. The summed E-state index contributed by atoms with van der Waals surface area (Å²) in [6.45, 7) is 4.98. The Morgan fingerprint density at radius 2 is 1.66 bits per heavy atom. The Morgan fingerprint density at radius 1 is 0.931 bits per heavy atom. The van der Waals surface area contributed by atoms with Crippen LogP contribution in [-0.2, 0) is 6.42 Å². The predicted molar refractivity (Wildman–Crippen MR) is 121 cm³/mol. The lowest BCUT2D eigenvalue weighted by atomic mass is 9.87. The summed E-state index contributed by atoms with van der Waals surface area (Å²) in [4.78, 5) is 12.2. The van der Waals surface area contributed by atoms with Crippen LogP contribution >= 0.6 is 0 Å². The molecule has 0 heterocycles. The largest absolute Gasteiger partial charge is 0.508 e. The summed E-state index contributed by atoms with van der Waals surface area (Å²) in [5.41, 5.74) is 3.31. The Hall–Kier alpha value is -2.81. The van der Waals surface area contributed by atoms with Crippen LogP contribution < -0.4 is 5.32 Å². The number of carbonyl (C=O) groups excluding carboxylic acids is 1. The Balaban J connectivity index is 1.78. The molecule has 3 aromatic carbocycles. The molecule has 1 amide bonds. The van der Waals surface area contributed by atoms with Gasteiger partial charge in [0.2, 0.25) is 0 Å². The van der Waals surface area contributed by atoms with Crippen molar-refractivity contribution in [3.63, 3.8) is 0 Å². The molecule has 0 aliphatic rings. The summed E-state index contributed by atoms with van der Waals surface area (Å²) in [6, 6.07) is 20.1. The van der Waals surface area contributed by atoms with Gasteiger partial charge in [-0.2, -0.15) is 0 Å². The second kappa shape index (κ2) is 10.1. The number of benzene rings is 3. The van der Waals surface area contributed by atoms with Crippen molar-refractivity contribution in [1.29, 1.82) is 0 Å². The number of phenolic OH excluding ortho intramolecular Hbond substituents is 1. The zero-order valence-corrected chi connectivity index (χ0v) is 17.4. The van der Waals surface area contributed by atoms with Gasteiger partial charge in [0, 0.05) is 12.1 Å². The second-order valence-corrected chi connectivity index (χ2v) is 7.79. The fourth-order valence-electron chi connectivity index (χ4n) is 3.78. The van der Waals surface area contributed by atoms with Crippen LogP contribution in [0.4, 0.5) is 0 Å². The molecule has 3 aromatic rings. The fourth-order valence-corrected chi connectivity index (χ4v) is 3.78. The lowest BCUT2D eigenvalue weighted by Gasteiger charge is -2.18. The highest BCUT2D eigenvalue weighted by molar-refractivity contribution is 5.94. The van der Waals surface area contributed by atoms with Crippen LogP contribution in [0.15, 0.2) is 60.7 Å². The molecule has 29 heavy (non-hydrogen) atoms. The maximum Gasteiger partial charge on any atom is 0.251 e. The smallest absolute Gasteiger partial charge is 0.251 e. The number of carbonyl (C=O) groups is 1. The Labute approximate surface area is 173 Å². The van der Waals surface area contributed by atoms with E-state index < -0.39 is 0 Å². The zero-order valence-electron chi connectivity index (χ0n) is 17.4. The van der Waals surface area contributed by atoms with Crippen LogP contribution in [-0.4, -0.2) is 17.6 Å². The molecule has 1 atom stereocenters. The average Bonchev–Trinajstić information content (AvgIpc) is 2.75. The third-order valence-corrected chi connectivity index (χ3v) is 5.46. The van der Waals surface area contributed by atoms with Crippen molar-refractivity contribution in [1.82, 2.24) is 5.32 Å². The number of amides is 1. The van der Waals surface area contributed by atoms with Crippen molar-refractivity contribution in [3.8, 4) is 5.75 Å². The fraction of sp³-hybridized carbons (Fsp3) is 0.346. The third kappa shape index (κ3) is 5.60. The summed E-state index contributed by atoms with van der Waals surface area (Å²) in [7, 11) is 0. The molecule has 3 heteroatoms. The Bertz CT molecular complexity index is 947. The number of fused-ring (bicyclic) bond motifs is 1. The highest BCUT2D eigenvalue weighted by Gasteiger charge is 2.14. The Kier molecular flexibility index (Phi) is 7.29. The first-order valence-electron chi connectivity index (χ1n) is 10.7. The molecule has 0 saturated heterocycles. The van der Waals surface area contributed by atoms with E-state index in [9.17, 15) is 9.90 Å². The van der Waals surface area contributed by atoms with Crippen LogP contribution in [0.5, 0.6) is 5.75 Å². The van der Waals surface area contributed by atoms with E-state index in [1.165, 1.54) is 24.0 Å². The van der Waals surface area contributed by atoms with Gasteiger partial charge in [-0.05, 0) is 71.3 Å². The van der Waals surface area contributed by atoms with E-state index >= 15 is 0 Å². The molecule has 152 valence electrons. The molecule has 0 aliphatic heterocycles. The van der Waals surface area contributed by atoms with Gasteiger partial charge in [-0.3, -0.25) is 4.79 Å². The molecule has 0 saturated carbocycles. The van der Waals surface area contributed by atoms with Gasteiger partial charge in [0.15, 0.2) is 0 Å². The van der Waals surface area contributed by atoms with E-state index in [2.05, 4.69) is 49.5 Å². The summed E-state index contributed by atoms with van der Waals surface area (Å²) in [5, 5.41) is 14.8. The zero-order chi connectivity index (χ0) is 20.6. The van der Waals surface area contributed by atoms with Gasteiger partial charge in [-0.15, -0.1) is 0 Å². The molecule has 0 aromatic heterocycles. The number of aromatic hydroxyl groups is 1. The van der Waals surface area contributed by atoms with Gasteiger partial charge in [0.1, 0.15) is 5.75 Å². The maximum absolute atomic E-state index is 12.2. The quantitative estimate of drug-likeness (QED) is 0.458. The topological polar surface area (TPSA) is 49.3 Å².